The molecule has 0 saturated carbocycles. The van der Waals surface area contributed by atoms with Gasteiger partial charge in [0.25, 0.3) is 0 Å². The zero-order valence-corrected chi connectivity index (χ0v) is 51.5. The Morgan fingerprint density at radius 3 is 1.14 bits per heavy atom. The average molecular weight is 1210 g/mol. The Balaban J connectivity index is 0.740. The topological polar surface area (TPSA) is 48.8 Å². The van der Waals surface area contributed by atoms with E-state index in [2.05, 4.69) is 322 Å². The molecule has 8 heteroatoms. The number of hydrogen-bond acceptors (Lipinski definition) is 3. The van der Waals surface area contributed by atoms with E-state index in [0.29, 0.717) is 0 Å². The van der Waals surface area contributed by atoms with Gasteiger partial charge < -0.3 is 9.47 Å². The van der Waals surface area contributed by atoms with E-state index in [-0.39, 0.29) is 0 Å². The number of fused-ring (bicyclic) bond motifs is 25. The lowest BCUT2D eigenvalue weighted by Crippen LogP contribution is -2.37. The Morgan fingerprint density at radius 2 is 0.609 bits per heavy atom. The molecule has 0 N–H and O–H groups in total. The number of anilines is 7. The van der Waals surface area contributed by atoms with Crippen molar-refractivity contribution in [2.45, 2.75) is 0 Å². The first-order chi connectivity index (χ1) is 45.4. The fraction of sp³-hybridized carbons (Fsp3) is 0. The third-order valence-corrected chi connectivity index (χ3v) is 25.5. The molecule has 2 atom stereocenters. The minimum atomic E-state index is -3.56. The molecule has 4 aliphatic heterocycles. The average Bonchev–Trinajstić information content (AvgIpc) is 0.800. The first kappa shape index (κ1) is 52.7. The van der Waals surface area contributed by atoms with Crippen LogP contribution in [0.25, 0.3) is 105 Å². The first-order valence-electron chi connectivity index (χ1n) is 31.3. The van der Waals surface area contributed by atoms with Crippen molar-refractivity contribution in [2.75, 3.05) is 14.2 Å². The molecule has 19 rings (SSSR count). The smallest absolute Gasteiger partial charge is 0.235 e. The van der Waals surface area contributed by atoms with E-state index in [1.54, 1.807) is 0 Å². The fourth-order valence-electron chi connectivity index (χ4n) is 15.3. The summed E-state index contributed by atoms with van der Waals surface area (Å²) in [7, 11) is -6.92. The molecular weight excluding hydrogens is 1160 g/mol. The molecule has 432 valence electrons. The van der Waals surface area contributed by atoms with Crippen LogP contribution in [-0.4, -0.2) is 4.57 Å². The van der Waals surface area contributed by atoms with Crippen LogP contribution in [0.15, 0.2) is 328 Å². The summed E-state index contributed by atoms with van der Waals surface area (Å²) in [4.78, 5) is 2.30. The third-order valence-electron chi connectivity index (χ3n) is 19.4. The Morgan fingerprint density at radius 1 is 0.239 bits per heavy atom. The zero-order chi connectivity index (χ0) is 60.8. The van der Waals surface area contributed by atoms with Gasteiger partial charge in [0, 0.05) is 77.0 Å². The molecule has 0 fully saturated rings. The van der Waals surface area contributed by atoms with Crippen molar-refractivity contribution < 1.29 is 9.13 Å². The highest BCUT2D eigenvalue weighted by Gasteiger charge is 2.49. The van der Waals surface area contributed by atoms with Crippen LogP contribution in [0.3, 0.4) is 0 Å². The molecular formula is C84H54N4O2P2. The number of rotatable bonds is 7. The molecule has 0 bridgehead atoms. The minimum Gasteiger partial charge on any atom is -0.310 e. The Kier molecular flexibility index (Phi) is 11.5. The van der Waals surface area contributed by atoms with Gasteiger partial charge in [0.05, 0.1) is 33.8 Å². The van der Waals surface area contributed by atoms with E-state index in [9.17, 15) is 0 Å². The lowest BCUT2D eigenvalue weighted by Gasteiger charge is -2.44. The summed E-state index contributed by atoms with van der Waals surface area (Å²) in [5.74, 6) is 0. The molecule has 0 spiro atoms. The van der Waals surface area contributed by atoms with Crippen molar-refractivity contribution in [3.8, 4) is 83.6 Å². The van der Waals surface area contributed by atoms with Gasteiger partial charge in [-0.05, 0) is 177 Å². The molecule has 92 heavy (non-hydrogen) atoms. The molecule has 15 aromatic rings. The van der Waals surface area contributed by atoms with Gasteiger partial charge in [0.2, 0.25) is 14.6 Å². The van der Waals surface area contributed by atoms with Crippen molar-refractivity contribution in [1.82, 2.24) is 4.57 Å². The SMILES string of the molecule is O=P12c3ccccc3-c3ccccc3N1c1ccc(-n3c4ccc(-c5ccccc5)cc4c4cc(-c5ccc(-c6ccc7c(c6)P6(=O)c8ccccc8-c8ccccc8N6c6ccc(N(c8ccccc8)c8ccccc8)cc6-7)cc5)ccc43)cc1-c1ccccc12. The summed E-state index contributed by atoms with van der Waals surface area (Å²) in [6, 6.07) is 116. The van der Waals surface area contributed by atoms with Gasteiger partial charge in [-0.2, -0.15) is 0 Å². The summed E-state index contributed by atoms with van der Waals surface area (Å²) < 4.78 is 40.0. The van der Waals surface area contributed by atoms with Crippen molar-refractivity contribution in [2.24, 2.45) is 0 Å². The van der Waals surface area contributed by atoms with Gasteiger partial charge in [-0.3, -0.25) is 18.5 Å². The van der Waals surface area contributed by atoms with E-state index >= 15 is 9.13 Å². The van der Waals surface area contributed by atoms with Crippen LogP contribution in [0.1, 0.15) is 0 Å². The minimum absolute atomic E-state index is 0.819. The predicted octanol–water partition coefficient (Wildman–Crippen LogP) is 21.3. The van der Waals surface area contributed by atoms with Crippen molar-refractivity contribution in [3.63, 3.8) is 0 Å². The second-order valence-corrected chi connectivity index (χ2v) is 29.3. The maximum Gasteiger partial charge on any atom is 0.235 e. The fourth-order valence-corrected chi connectivity index (χ4v) is 21.8. The van der Waals surface area contributed by atoms with Crippen LogP contribution in [-0.2, 0) is 9.13 Å². The van der Waals surface area contributed by atoms with E-state index in [4.69, 9.17) is 0 Å². The van der Waals surface area contributed by atoms with Crippen molar-refractivity contribution in [1.29, 1.82) is 0 Å². The second-order valence-electron chi connectivity index (χ2n) is 24.2. The molecule has 1 aromatic heterocycles. The van der Waals surface area contributed by atoms with Crippen molar-refractivity contribution in [3.05, 3.63) is 328 Å². The Hall–Kier alpha value is -11.3. The van der Waals surface area contributed by atoms with Gasteiger partial charge in [0.1, 0.15) is 0 Å². The number of aromatic nitrogens is 1. The molecule has 2 unspecified atom stereocenters. The molecule has 5 heterocycles. The van der Waals surface area contributed by atoms with Crippen LogP contribution in [0, 0.1) is 0 Å². The number of nitrogens with zero attached hydrogens (tertiary/aromatic N) is 4. The van der Waals surface area contributed by atoms with Crippen molar-refractivity contribution >= 4 is 97.4 Å². The first-order valence-corrected chi connectivity index (χ1v) is 34.6. The summed E-state index contributed by atoms with van der Waals surface area (Å²) in [6.07, 6.45) is 0. The normalized spacial score (nSPS) is 16.0. The Labute approximate surface area is 533 Å². The summed E-state index contributed by atoms with van der Waals surface area (Å²) >= 11 is 0. The lowest BCUT2D eigenvalue weighted by molar-refractivity contribution is 0.586. The van der Waals surface area contributed by atoms with E-state index in [1.165, 1.54) is 0 Å². The molecule has 0 saturated heterocycles. The molecule has 0 radical (unpaired) electrons. The largest absolute Gasteiger partial charge is 0.310 e. The molecule has 0 aliphatic carbocycles. The number of benzene rings is 14. The van der Waals surface area contributed by atoms with E-state index in [1.807, 2.05) is 24.3 Å². The second kappa shape index (κ2) is 20.1. The predicted molar refractivity (Wildman–Crippen MR) is 384 cm³/mol. The van der Waals surface area contributed by atoms with Gasteiger partial charge in [-0.15, -0.1) is 0 Å². The monoisotopic (exact) mass is 1210 g/mol. The quantitative estimate of drug-likeness (QED) is 0.149. The maximum absolute atomic E-state index is 17.0. The summed E-state index contributed by atoms with van der Waals surface area (Å²) in [5, 5.41) is 5.66. The summed E-state index contributed by atoms with van der Waals surface area (Å²) in [5.41, 5.74) is 24.7. The van der Waals surface area contributed by atoms with E-state index in [0.717, 1.165) is 166 Å². The van der Waals surface area contributed by atoms with Crippen LogP contribution in [0.2, 0.25) is 0 Å². The number of hydrogen-bond donors (Lipinski definition) is 0. The van der Waals surface area contributed by atoms with Gasteiger partial charge >= 0.3 is 0 Å². The highest BCUT2D eigenvalue weighted by atomic mass is 31.2. The van der Waals surface area contributed by atoms with Gasteiger partial charge in [0.15, 0.2) is 0 Å². The van der Waals surface area contributed by atoms with Crippen LogP contribution in [0.5, 0.6) is 0 Å². The molecule has 14 aromatic carbocycles. The molecule has 0 amide bonds. The highest BCUT2D eigenvalue weighted by Crippen LogP contribution is 2.68. The Bertz CT molecular complexity index is 5650. The third kappa shape index (κ3) is 7.57. The van der Waals surface area contributed by atoms with Gasteiger partial charge in [-0.1, -0.05) is 206 Å². The van der Waals surface area contributed by atoms with Crippen LogP contribution >= 0.6 is 14.6 Å². The van der Waals surface area contributed by atoms with Crippen LogP contribution < -0.4 is 35.5 Å². The lowest BCUT2D eigenvalue weighted by atomic mass is 9.95. The summed E-state index contributed by atoms with van der Waals surface area (Å²) in [6.45, 7) is 0. The van der Waals surface area contributed by atoms with Gasteiger partial charge in [-0.25, -0.2) is 0 Å². The molecule has 6 nitrogen and oxygen atoms in total. The number of para-hydroxylation sites is 4. The standard InChI is InChI=1S/C84H54N4O2P2/c89-91-81-33-17-12-28-67(81)65-26-10-15-31-77(65)87(91)79-49-44-64(54-73(79)69-30-14-19-35-83(69)91)86-75-46-41-58(55-20-4-1-5-21-55)50-71(75)72-51-59(42-47-76(72)86)56-36-38-57(39-37-56)60-40-45-70-74-53-63(85(61-22-6-2-7-23-61)62-24-8-3-9-25-62)43-48-80(74)88-78-32-16-11-27-66(78)68-29-13-18-34-82(68)92(88,90)84(70)52-60/h1-54H. The molecule has 4 aliphatic rings. The zero-order valence-electron chi connectivity index (χ0n) is 49.7. The highest BCUT2D eigenvalue weighted by molar-refractivity contribution is 7.81. The maximum atomic E-state index is 17.0. The van der Waals surface area contributed by atoms with Crippen LogP contribution in [0.4, 0.5) is 39.8 Å². The van der Waals surface area contributed by atoms with E-state index < -0.39 is 14.6 Å².